The fraction of sp³-hybridized carbons (Fsp3) is 0.391. The Morgan fingerprint density at radius 1 is 1.09 bits per heavy atom. The van der Waals surface area contributed by atoms with Crippen LogP contribution < -0.4 is 10.0 Å². The number of rotatable bonds is 9. The number of methoxy groups -OCH3 is 1. The number of nitrogens with zero attached hydrogens (tertiary/aromatic N) is 1. The summed E-state index contributed by atoms with van der Waals surface area (Å²) in [7, 11) is -2.26. The molecule has 0 aromatic heterocycles. The molecule has 0 aliphatic carbocycles. The fourth-order valence-electron chi connectivity index (χ4n) is 3.38. The normalized spacial score (nSPS) is 14.2. The lowest BCUT2D eigenvalue weighted by molar-refractivity contribution is -0.130. The zero-order chi connectivity index (χ0) is 23.8. The second kappa shape index (κ2) is 11.6. The molecule has 2 N–H and O–H groups in total. The maximum Gasteiger partial charge on any atom is 0.255 e. The van der Waals surface area contributed by atoms with Gasteiger partial charge in [0.05, 0.1) is 17.9 Å². The van der Waals surface area contributed by atoms with Crippen LogP contribution in [0, 0.1) is 6.92 Å². The van der Waals surface area contributed by atoms with Gasteiger partial charge in [-0.15, -0.1) is 0 Å². The number of anilines is 1. The molecule has 1 aliphatic rings. The number of carbonyl (C=O) groups is 2. The zero-order valence-corrected chi connectivity index (χ0v) is 20.4. The Morgan fingerprint density at radius 3 is 2.45 bits per heavy atom. The van der Waals surface area contributed by atoms with Crippen LogP contribution in [0.15, 0.2) is 47.4 Å². The van der Waals surface area contributed by atoms with E-state index in [0.717, 1.165) is 30.2 Å². The Bertz CT molecular complexity index is 1080. The summed E-state index contributed by atoms with van der Waals surface area (Å²) in [4.78, 5) is 27.2. The number of ether oxygens (including phenoxy) is 1. The van der Waals surface area contributed by atoms with Gasteiger partial charge in [-0.25, -0.2) is 13.1 Å². The molecule has 2 aromatic carbocycles. The smallest absolute Gasteiger partial charge is 0.255 e. The molecule has 8 nitrogen and oxygen atoms in total. The van der Waals surface area contributed by atoms with E-state index < -0.39 is 15.9 Å². The standard InChI is InChI=1S/C23H29N3O5S2/c1-17-3-8-20(33(29,30)24-9-12-31-2)16-21(17)23(28)25-19-6-4-18(5-7-19)15-22(27)26-10-13-32-14-11-26/h3-8,16,24H,9-15H2,1-2H3,(H,25,28). The van der Waals surface area contributed by atoms with Gasteiger partial charge in [0, 0.05) is 49.5 Å². The Balaban J connectivity index is 1.65. The minimum Gasteiger partial charge on any atom is -0.383 e. The molecule has 2 amide bonds. The molecule has 1 fully saturated rings. The molecule has 1 heterocycles. The Labute approximate surface area is 199 Å². The highest BCUT2D eigenvalue weighted by molar-refractivity contribution is 7.99. The number of aryl methyl sites for hydroxylation is 1. The Kier molecular flexibility index (Phi) is 8.90. The van der Waals surface area contributed by atoms with Crippen molar-refractivity contribution in [2.45, 2.75) is 18.2 Å². The first-order valence-electron chi connectivity index (χ1n) is 10.7. The van der Waals surface area contributed by atoms with E-state index in [4.69, 9.17) is 4.74 Å². The van der Waals surface area contributed by atoms with Crippen LogP contribution >= 0.6 is 11.8 Å². The van der Waals surface area contributed by atoms with Crippen LogP contribution in [0.2, 0.25) is 0 Å². The summed E-state index contributed by atoms with van der Waals surface area (Å²) in [5.41, 5.74) is 2.37. The van der Waals surface area contributed by atoms with Crippen molar-refractivity contribution in [3.05, 3.63) is 59.2 Å². The summed E-state index contributed by atoms with van der Waals surface area (Å²) < 4.78 is 32.2. The maximum atomic E-state index is 12.8. The van der Waals surface area contributed by atoms with Crippen molar-refractivity contribution in [1.29, 1.82) is 0 Å². The van der Waals surface area contributed by atoms with Crippen molar-refractivity contribution in [2.24, 2.45) is 0 Å². The number of sulfonamides is 1. The lowest BCUT2D eigenvalue weighted by Crippen LogP contribution is -2.38. The third-order valence-corrected chi connectivity index (χ3v) is 7.69. The number of hydrogen-bond acceptors (Lipinski definition) is 6. The zero-order valence-electron chi connectivity index (χ0n) is 18.8. The van der Waals surface area contributed by atoms with E-state index in [1.807, 2.05) is 28.8 Å². The molecule has 33 heavy (non-hydrogen) atoms. The highest BCUT2D eigenvalue weighted by Gasteiger charge is 2.19. The summed E-state index contributed by atoms with van der Waals surface area (Å²) >= 11 is 1.86. The first-order chi connectivity index (χ1) is 15.8. The van der Waals surface area contributed by atoms with Gasteiger partial charge in [-0.1, -0.05) is 18.2 Å². The van der Waals surface area contributed by atoms with Gasteiger partial charge < -0.3 is 15.0 Å². The molecule has 0 saturated carbocycles. The van der Waals surface area contributed by atoms with Gasteiger partial charge in [0.2, 0.25) is 15.9 Å². The van der Waals surface area contributed by atoms with Gasteiger partial charge in [0.1, 0.15) is 0 Å². The van der Waals surface area contributed by atoms with Crippen LogP contribution in [0.4, 0.5) is 5.69 Å². The predicted octanol–water partition coefficient (Wildman–Crippen LogP) is 2.29. The molecule has 0 spiro atoms. The van der Waals surface area contributed by atoms with Crippen LogP contribution in [-0.4, -0.2) is 70.0 Å². The van der Waals surface area contributed by atoms with Gasteiger partial charge in [0.25, 0.3) is 5.91 Å². The van der Waals surface area contributed by atoms with Crippen molar-refractivity contribution in [2.75, 3.05) is 50.2 Å². The fourth-order valence-corrected chi connectivity index (χ4v) is 5.32. The van der Waals surface area contributed by atoms with Gasteiger partial charge in [0.15, 0.2) is 0 Å². The predicted molar refractivity (Wildman–Crippen MR) is 130 cm³/mol. The van der Waals surface area contributed by atoms with E-state index >= 15 is 0 Å². The lowest BCUT2D eigenvalue weighted by atomic mass is 10.1. The summed E-state index contributed by atoms with van der Waals surface area (Å²) in [5, 5.41) is 2.80. The topological polar surface area (TPSA) is 105 Å². The number of carbonyl (C=O) groups excluding carboxylic acids is 2. The number of nitrogens with one attached hydrogen (secondary N) is 2. The highest BCUT2D eigenvalue weighted by atomic mass is 32.2. The van der Waals surface area contributed by atoms with E-state index in [0.29, 0.717) is 17.7 Å². The minimum atomic E-state index is -3.75. The molecule has 2 aromatic rings. The van der Waals surface area contributed by atoms with Crippen molar-refractivity contribution in [3.8, 4) is 0 Å². The summed E-state index contributed by atoms with van der Waals surface area (Å²) in [6, 6.07) is 11.6. The molecule has 1 saturated heterocycles. The Morgan fingerprint density at radius 2 is 1.79 bits per heavy atom. The van der Waals surface area contributed by atoms with E-state index in [2.05, 4.69) is 10.0 Å². The number of thioether (sulfide) groups is 1. The molecule has 0 atom stereocenters. The van der Waals surface area contributed by atoms with E-state index in [1.165, 1.54) is 19.2 Å². The van der Waals surface area contributed by atoms with Crippen molar-refractivity contribution >= 4 is 39.3 Å². The molecular weight excluding hydrogens is 462 g/mol. The number of amides is 2. The summed E-state index contributed by atoms with van der Waals surface area (Å²) in [6.07, 6.45) is 0.327. The summed E-state index contributed by atoms with van der Waals surface area (Å²) in [6.45, 7) is 3.70. The van der Waals surface area contributed by atoms with Gasteiger partial charge in [-0.3, -0.25) is 9.59 Å². The lowest BCUT2D eigenvalue weighted by Gasteiger charge is -2.26. The SMILES string of the molecule is COCCNS(=O)(=O)c1ccc(C)c(C(=O)Nc2ccc(CC(=O)N3CCSCC3)cc2)c1. The second-order valence-corrected chi connectivity index (χ2v) is 10.7. The molecule has 3 rings (SSSR count). The Hall–Kier alpha value is -2.40. The quantitative estimate of drug-likeness (QED) is 0.522. The van der Waals surface area contributed by atoms with Crippen LogP contribution in [0.25, 0.3) is 0 Å². The van der Waals surface area contributed by atoms with E-state index in [1.54, 1.807) is 25.1 Å². The molecule has 10 heteroatoms. The monoisotopic (exact) mass is 491 g/mol. The minimum absolute atomic E-state index is 0.0133. The number of hydrogen-bond donors (Lipinski definition) is 2. The third-order valence-electron chi connectivity index (χ3n) is 5.29. The molecule has 0 unspecified atom stereocenters. The van der Waals surface area contributed by atoms with E-state index in [9.17, 15) is 18.0 Å². The average Bonchev–Trinajstić information content (AvgIpc) is 2.81. The van der Waals surface area contributed by atoms with Crippen LogP contribution in [0.1, 0.15) is 21.5 Å². The first kappa shape index (κ1) is 25.2. The van der Waals surface area contributed by atoms with Gasteiger partial charge >= 0.3 is 0 Å². The van der Waals surface area contributed by atoms with Crippen molar-refractivity contribution < 1.29 is 22.7 Å². The number of benzene rings is 2. The second-order valence-electron chi connectivity index (χ2n) is 7.69. The summed E-state index contributed by atoms with van der Waals surface area (Å²) in [5.74, 6) is 1.65. The van der Waals surface area contributed by atoms with Crippen LogP contribution in [0.5, 0.6) is 0 Å². The van der Waals surface area contributed by atoms with Gasteiger partial charge in [-0.05, 0) is 42.3 Å². The molecule has 1 aliphatic heterocycles. The third kappa shape index (κ3) is 7.04. The largest absolute Gasteiger partial charge is 0.383 e. The van der Waals surface area contributed by atoms with Crippen LogP contribution in [-0.2, 0) is 26.0 Å². The molecule has 0 bridgehead atoms. The van der Waals surface area contributed by atoms with Crippen molar-refractivity contribution in [1.82, 2.24) is 9.62 Å². The molecule has 178 valence electrons. The first-order valence-corrected chi connectivity index (χ1v) is 13.3. The van der Waals surface area contributed by atoms with Gasteiger partial charge in [-0.2, -0.15) is 11.8 Å². The maximum absolute atomic E-state index is 12.8. The highest BCUT2D eigenvalue weighted by Crippen LogP contribution is 2.19. The molecule has 0 radical (unpaired) electrons. The molecular formula is C23H29N3O5S2. The average molecular weight is 492 g/mol. The van der Waals surface area contributed by atoms with Crippen molar-refractivity contribution in [3.63, 3.8) is 0 Å². The van der Waals surface area contributed by atoms with Crippen LogP contribution in [0.3, 0.4) is 0 Å². The van der Waals surface area contributed by atoms with E-state index in [-0.39, 0.29) is 29.5 Å².